The molecule has 0 saturated carbocycles. The summed E-state index contributed by atoms with van der Waals surface area (Å²) >= 11 is 6.01. The van der Waals surface area contributed by atoms with Gasteiger partial charge in [-0.25, -0.2) is 14.3 Å². The van der Waals surface area contributed by atoms with Gasteiger partial charge in [0.15, 0.2) is 5.82 Å². The molecular formula is C18H25ClN8O. The summed E-state index contributed by atoms with van der Waals surface area (Å²) < 4.78 is 9.87. The summed E-state index contributed by atoms with van der Waals surface area (Å²) in [6.45, 7) is 6.96. The first-order valence-electron chi connectivity index (χ1n) is 8.93. The van der Waals surface area contributed by atoms with Crippen molar-refractivity contribution in [2.75, 3.05) is 14.1 Å². The van der Waals surface area contributed by atoms with Gasteiger partial charge < -0.3 is 9.64 Å². The molecule has 10 heteroatoms. The summed E-state index contributed by atoms with van der Waals surface area (Å²) in [5, 5.41) is 17.4. The van der Waals surface area contributed by atoms with Gasteiger partial charge in [-0.15, -0.1) is 5.10 Å². The number of tetrazole rings is 1. The van der Waals surface area contributed by atoms with E-state index in [1.165, 1.54) is 6.33 Å². The van der Waals surface area contributed by atoms with Gasteiger partial charge >= 0.3 is 0 Å². The molecule has 2 heterocycles. The van der Waals surface area contributed by atoms with Crippen LogP contribution in [0, 0.1) is 5.41 Å². The molecule has 3 rings (SSSR count). The van der Waals surface area contributed by atoms with Gasteiger partial charge in [-0.2, -0.15) is 5.10 Å². The molecule has 0 aliphatic heterocycles. The molecule has 0 fully saturated rings. The lowest BCUT2D eigenvalue weighted by Gasteiger charge is -2.37. The van der Waals surface area contributed by atoms with E-state index in [0.717, 1.165) is 5.82 Å². The molecular weight excluding hydrogens is 380 g/mol. The molecule has 2 aromatic heterocycles. The third kappa shape index (κ3) is 4.66. The average molecular weight is 405 g/mol. The highest BCUT2D eigenvalue weighted by Gasteiger charge is 2.40. The largest absolute Gasteiger partial charge is 0.466 e. The van der Waals surface area contributed by atoms with E-state index >= 15 is 0 Å². The van der Waals surface area contributed by atoms with E-state index in [1.54, 1.807) is 23.1 Å². The second-order valence-corrected chi connectivity index (χ2v) is 8.36. The predicted molar refractivity (Wildman–Crippen MR) is 105 cm³/mol. The van der Waals surface area contributed by atoms with E-state index in [4.69, 9.17) is 16.3 Å². The number of hydrogen-bond donors (Lipinski definition) is 0. The Kier molecular flexibility index (Phi) is 5.95. The van der Waals surface area contributed by atoms with Crippen LogP contribution in [0.1, 0.15) is 38.9 Å². The standard InChI is InChI=1S/C18H25ClN8O/c1-18(2,3)16(27-15(10-25(4)5)22-23-24-27)17(26-12-20-11-21-26)28-14-8-6-13(19)7-9-14/h6-9,11-12,16-17H,10H2,1-5H3/t16-,17+/m0/s1. The molecule has 0 saturated heterocycles. The van der Waals surface area contributed by atoms with Gasteiger partial charge in [0.1, 0.15) is 24.4 Å². The van der Waals surface area contributed by atoms with Crippen LogP contribution in [-0.4, -0.2) is 54.0 Å². The van der Waals surface area contributed by atoms with Crippen molar-refractivity contribution in [2.24, 2.45) is 5.41 Å². The van der Waals surface area contributed by atoms with Crippen molar-refractivity contribution in [1.82, 2.24) is 39.9 Å². The highest BCUT2D eigenvalue weighted by Crippen LogP contribution is 2.40. The fraction of sp³-hybridized carbons (Fsp3) is 0.500. The normalized spacial score (nSPS) is 14.2. The smallest absolute Gasteiger partial charge is 0.215 e. The topological polar surface area (TPSA) is 86.8 Å². The zero-order valence-corrected chi connectivity index (χ0v) is 17.4. The van der Waals surface area contributed by atoms with Crippen molar-refractivity contribution < 1.29 is 4.74 Å². The molecule has 0 amide bonds. The lowest BCUT2D eigenvalue weighted by molar-refractivity contribution is -0.000970. The van der Waals surface area contributed by atoms with Crippen LogP contribution in [0.2, 0.25) is 5.02 Å². The summed E-state index contributed by atoms with van der Waals surface area (Å²) in [5.41, 5.74) is -0.251. The quantitative estimate of drug-likeness (QED) is 0.598. The predicted octanol–water partition coefficient (Wildman–Crippen LogP) is 2.84. The number of ether oxygens (including phenoxy) is 1. The second-order valence-electron chi connectivity index (χ2n) is 7.93. The third-order valence-corrected chi connectivity index (χ3v) is 4.46. The van der Waals surface area contributed by atoms with Crippen molar-refractivity contribution in [2.45, 2.75) is 39.6 Å². The number of aromatic nitrogens is 7. The zero-order chi connectivity index (χ0) is 20.3. The van der Waals surface area contributed by atoms with E-state index in [0.29, 0.717) is 17.3 Å². The van der Waals surface area contributed by atoms with Crippen molar-refractivity contribution in [3.05, 3.63) is 47.8 Å². The van der Waals surface area contributed by atoms with E-state index in [2.05, 4.69) is 46.4 Å². The maximum atomic E-state index is 6.36. The lowest BCUT2D eigenvalue weighted by Crippen LogP contribution is -2.38. The Labute approximate surface area is 169 Å². The molecule has 0 spiro atoms. The number of hydrogen-bond acceptors (Lipinski definition) is 7. The van der Waals surface area contributed by atoms with Gasteiger partial charge in [-0.1, -0.05) is 32.4 Å². The Morgan fingerprint density at radius 2 is 1.89 bits per heavy atom. The van der Waals surface area contributed by atoms with Crippen LogP contribution in [0.4, 0.5) is 0 Å². The van der Waals surface area contributed by atoms with E-state index in [-0.39, 0.29) is 11.5 Å². The fourth-order valence-electron chi connectivity index (χ4n) is 3.00. The number of rotatable bonds is 7. The van der Waals surface area contributed by atoms with Crippen molar-refractivity contribution in [3.8, 4) is 5.75 Å². The number of benzene rings is 1. The Bertz CT molecular complexity index is 870. The monoisotopic (exact) mass is 404 g/mol. The van der Waals surface area contributed by atoms with E-state index < -0.39 is 6.23 Å². The minimum Gasteiger partial charge on any atom is -0.466 e. The average Bonchev–Trinajstić information content (AvgIpc) is 3.27. The Hall–Kier alpha value is -2.52. The van der Waals surface area contributed by atoms with Gasteiger partial charge in [-0.05, 0) is 54.2 Å². The molecule has 2 atom stereocenters. The van der Waals surface area contributed by atoms with Crippen LogP contribution < -0.4 is 4.74 Å². The molecule has 150 valence electrons. The first-order valence-corrected chi connectivity index (χ1v) is 9.31. The van der Waals surface area contributed by atoms with Crippen LogP contribution in [0.25, 0.3) is 0 Å². The maximum Gasteiger partial charge on any atom is 0.215 e. The van der Waals surface area contributed by atoms with Crippen LogP contribution in [0.5, 0.6) is 5.75 Å². The molecule has 28 heavy (non-hydrogen) atoms. The minimum absolute atomic E-state index is 0.251. The second kappa shape index (κ2) is 8.24. The molecule has 0 unspecified atom stereocenters. The first kappa shape index (κ1) is 20.2. The SMILES string of the molecule is CN(C)Cc1nnnn1[C@@H]([C@@H](Oc1ccc(Cl)cc1)n1cncn1)C(C)(C)C. The summed E-state index contributed by atoms with van der Waals surface area (Å²) in [7, 11) is 3.95. The molecule has 0 aliphatic rings. The van der Waals surface area contributed by atoms with Crippen LogP contribution >= 0.6 is 11.6 Å². The van der Waals surface area contributed by atoms with Crippen LogP contribution in [-0.2, 0) is 6.54 Å². The lowest BCUT2D eigenvalue weighted by atomic mass is 9.85. The summed E-state index contributed by atoms with van der Waals surface area (Å²) in [6, 6.07) is 6.97. The third-order valence-electron chi connectivity index (χ3n) is 4.21. The Morgan fingerprint density at radius 3 is 2.46 bits per heavy atom. The molecule has 0 radical (unpaired) electrons. The van der Waals surface area contributed by atoms with E-state index in [1.807, 2.05) is 35.8 Å². The summed E-state index contributed by atoms with van der Waals surface area (Å²) in [4.78, 5) is 6.12. The van der Waals surface area contributed by atoms with Crippen molar-refractivity contribution >= 4 is 11.6 Å². The summed E-state index contributed by atoms with van der Waals surface area (Å²) in [6.07, 6.45) is 2.60. The molecule has 0 bridgehead atoms. The van der Waals surface area contributed by atoms with Gasteiger partial charge in [0, 0.05) is 5.02 Å². The molecule has 1 aromatic carbocycles. The molecule has 0 aliphatic carbocycles. The molecule has 0 N–H and O–H groups in total. The highest BCUT2D eigenvalue weighted by molar-refractivity contribution is 6.30. The number of nitrogens with zero attached hydrogens (tertiary/aromatic N) is 8. The molecule has 3 aromatic rings. The van der Waals surface area contributed by atoms with Crippen LogP contribution in [0.15, 0.2) is 36.9 Å². The fourth-order valence-corrected chi connectivity index (χ4v) is 3.12. The minimum atomic E-state index is -0.520. The van der Waals surface area contributed by atoms with E-state index in [9.17, 15) is 0 Å². The van der Waals surface area contributed by atoms with Gasteiger partial charge in [0.05, 0.1) is 6.54 Å². The number of halogens is 1. The van der Waals surface area contributed by atoms with Gasteiger partial charge in [-0.3, -0.25) is 0 Å². The Balaban J connectivity index is 2.05. The molecule has 9 nitrogen and oxygen atoms in total. The Morgan fingerprint density at radius 1 is 1.18 bits per heavy atom. The summed E-state index contributed by atoms with van der Waals surface area (Å²) in [5.74, 6) is 1.41. The maximum absolute atomic E-state index is 6.36. The van der Waals surface area contributed by atoms with Crippen LogP contribution in [0.3, 0.4) is 0 Å². The van der Waals surface area contributed by atoms with Crippen molar-refractivity contribution in [1.29, 1.82) is 0 Å². The zero-order valence-electron chi connectivity index (χ0n) is 16.7. The first-order chi connectivity index (χ1) is 13.3. The highest BCUT2D eigenvalue weighted by atomic mass is 35.5. The van der Waals surface area contributed by atoms with Gasteiger partial charge in [0.2, 0.25) is 6.23 Å². The van der Waals surface area contributed by atoms with Gasteiger partial charge in [0.25, 0.3) is 0 Å². The van der Waals surface area contributed by atoms with Crippen molar-refractivity contribution in [3.63, 3.8) is 0 Å².